The minimum atomic E-state index is -2.74. The molecule has 0 bridgehead atoms. The first-order valence-electron chi connectivity index (χ1n) is 6.71. The van der Waals surface area contributed by atoms with E-state index >= 15 is 0 Å². The third-order valence-corrected chi connectivity index (χ3v) is 2.92. The van der Waals surface area contributed by atoms with Crippen molar-refractivity contribution in [1.82, 2.24) is 20.0 Å². The van der Waals surface area contributed by atoms with Crippen LogP contribution in [0.5, 0.6) is 0 Å². The summed E-state index contributed by atoms with van der Waals surface area (Å²) in [6.07, 6.45) is -0.913. The van der Waals surface area contributed by atoms with Gasteiger partial charge in [0.05, 0.1) is 6.54 Å². The Morgan fingerprint density at radius 1 is 1.48 bits per heavy atom. The van der Waals surface area contributed by atoms with Gasteiger partial charge >= 0.3 is 0 Å². The van der Waals surface area contributed by atoms with E-state index in [1.807, 2.05) is 6.92 Å². The minimum Gasteiger partial charge on any atom is -0.355 e. The van der Waals surface area contributed by atoms with E-state index in [0.717, 1.165) is 23.6 Å². The molecule has 0 unspecified atom stereocenters. The fourth-order valence-electron chi connectivity index (χ4n) is 1.74. The molecule has 1 heterocycles. The number of rotatable bonds is 7. The van der Waals surface area contributed by atoms with E-state index in [-0.39, 0.29) is 18.1 Å². The van der Waals surface area contributed by atoms with Crippen molar-refractivity contribution in [2.75, 3.05) is 20.1 Å². The van der Waals surface area contributed by atoms with Crippen LogP contribution < -0.4 is 5.32 Å². The first kappa shape index (κ1) is 17.1. The van der Waals surface area contributed by atoms with Gasteiger partial charge in [0.1, 0.15) is 11.4 Å². The zero-order valence-corrected chi connectivity index (χ0v) is 12.4. The van der Waals surface area contributed by atoms with Crippen molar-refractivity contribution in [3.63, 3.8) is 0 Å². The summed E-state index contributed by atoms with van der Waals surface area (Å²) in [7, 11) is 2.85. The smallest absolute Gasteiger partial charge is 0.282 e. The fourth-order valence-corrected chi connectivity index (χ4v) is 1.74. The van der Waals surface area contributed by atoms with Crippen molar-refractivity contribution in [3.8, 4) is 0 Å². The molecule has 1 N–H and O–H groups in total. The van der Waals surface area contributed by atoms with Gasteiger partial charge in [-0.2, -0.15) is 5.10 Å². The van der Waals surface area contributed by atoms with E-state index in [9.17, 15) is 18.4 Å². The Kier molecular flexibility index (Phi) is 6.26. The zero-order valence-electron chi connectivity index (χ0n) is 12.4. The van der Waals surface area contributed by atoms with Crippen molar-refractivity contribution >= 4 is 11.8 Å². The largest absolute Gasteiger partial charge is 0.355 e. The highest BCUT2D eigenvalue weighted by atomic mass is 19.3. The van der Waals surface area contributed by atoms with Gasteiger partial charge < -0.3 is 10.2 Å². The van der Waals surface area contributed by atoms with Gasteiger partial charge in [-0.3, -0.25) is 14.3 Å². The molecule has 0 aliphatic rings. The van der Waals surface area contributed by atoms with E-state index in [4.69, 9.17) is 0 Å². The number of nitrogens with one attached hydrogen (secondary N) is 1. The molecule has 118 valence electrons. The Bertz CT molecular complexity index is 502. The Labute approximate surface area is 122 Å². The highest BCUT2D eigenvalue weighted by Crippen LogP contribution is 2.18. The topological polar surface area (TPSA) is 67.2 Å². The molecule has 0 aliphatic carbocycles. The van der Waals surface area contributed by atoms with E-state index < -0.39 is 18.0 Å². The van der Waals surface area contributed by atoms with E-state index in [1.165, 1.54) is 19.0 Å². The van der Waals surface area contributed by atoms with Crippen molar-refractivity contribution in [2.45, 2.75) is 26.2 Å². The summed E-state index contributed by atoms with van der Waals surface area (Å²) in [6.45, 7) is 2.43. The van der Waals surface area contributed by atoms with Crippen LogP contribution in [0.4, 0.5) is 8.78 Å². The number of nitrogens with zero attached hydrogens (tertiary/aromatic N) is 3. The molecule has 2 amide bonds. The molecule has 0 saturated heterocycles. The van der Waals surface area contributed by atoms with Crippen molar-refractivity contribution in [1.29, 1.82) is 0 Å². The van der Waals surface area contributed by atoms with Crippen LogP contribution in [0, 0.1) is 0 Å². The third kappa shape index (κ3) is 4.80. The predicted octanol–water partition coefficient (Wildman–Crippen LogP) is 1.35. The summed E-state index contributed by atoms with van der Waals surface area (Å²) < 4.78 is 26.2. The van der Waals surface area contributed by atoms with Crippen LogP contribution in [0.3, 0.4) is 0 Å². The monoisotopic (exact) mass is 302 g/mol. The van der Waals surface area contributed by atoms with Crippen LogP contribution in [0.2, 0.25) is 0 Å². The molecule has 0 fully saturated rings. The number of carbonyl (C=O) groups excluding carboxylic acids is 2. The highest BCUT2D eigenvalue weighted by molar-refractivity contribution is 5.95. The van der Waals surface area contributed by atoms with Gasteiger partial charge in [-0.15, -0.1) is 0 Å². The van der Waals surface area contributed by atoms with Gasteiger partial charge in [-0.1, -0.05) is 13.3 Å². The second kappa shape index (κ2) is 7.70. The molecule has 1 aromatic rings. The lowest BCUT2D eigenvalue weighted by Crippen LogP contribution is -2.39. The second-order valence-corrected chi connectivity index (χ2v) is 4.74. The first-order valence-corrected chi connectivity index (χ1v) is 6.71. The SMILES string of the molecule is CCCCNC(=O)CN(C)C(=O)c1cc(C(F)F)nn1C. The number of unbranched alkanes of at least 4 members (excludes halogenated alkanes) is 1. The lowest BCUT2D eigenvalue weighted by Gasteiger charge is -2.16. The standard InChI is InChI=1S/C13H20F2N4O2/c1-4-5-6-16-11(20)8-18(2)13(21)10-7-9(12(14)15)17-19(10)3/h7,12H,4-6,8H2,1-3H3,(H,16,20). The lowest BCUT2D eigenvalue weighted by atomic mass is 10.3. The number of hydrogen-bond donors (Lipinski definition) is 1. The van der Waals surface area contributed by atoms with Gasteiger partial charge in [0, 0.05) is 20.6 Å². The molecule has 21 heavy (non-hydrogen) atoms. The summed E-state index contributed by atoms with van der Waals surface area (Å²) >= 11 is 0. The molecule has 0 atom stereocenters. The summed E-state index contributed by atoms with van der Waals surface area (Å²) in [6, 6.07) is 1.04. The lowest BCUT2D eigenvalue weighted by molar-refractivity contribution is -0.121. The van der Waals surface area contributed by atoms with E-state index in [2.05, 4.69) is 10.4 Å². The average molecular weight is 302 g/mol. The molecular weight excluding hydrogens is 282 g/mol. The molecule has 1 aromatic heterocycles. The van der Waals surface area contributed by atoms with Gasteiger partial charge in [-0.25, -0.2) is 8.78 Å². The first-order chi connectivity index (χ1) is 9.86. The van der Waals surface area contributed by atoms with Crippen molar-refractivity contribution in [3.05, 3.63) is 17.5 Å². The quantitative estimate of drug-likeness (QED) is 0.773. The number of alkyl halides is 2. The molecule has 0 saturated carbocycles. The van der Waals surface area contributed by atoms with Crippen LogP contribution in [0.25, 0.3) is 0 Å². The maximum absolute atomic E-state index is 12.5. The molecule has 0 spiro atoms. The molecule has 0 radical (unpaired) electrons. The van der Waals surface area contributed by atoms with Gasteiger partial charge in [0.2, 0.25) is 5.91 Å². The van der Waals surface area contributed by atoms with Crippen LogP contribution in [-0.4, -0.2) is 46.6 Å². The number of likely N-dealkylation sites (N-methyl/N-ethyl adjacent to an activating group) is 1. The maximum atomic E-state index is 12.5. The fraction of sp³-hybridized carbons (Fsp3) is 0.615. The van der Waals surface area contributed by atoms with E-state index in [0.29, 0.717) is 6.54 Å². The van der Waals surface area contributed by atoms with Crippen molar-refractivity contribution in [2.24, 2.45) is 7.05 Å². The zero-order chi connectivity index (χ0) is 16.0. The molecule has 0 aromatic carbocycles. The summed E-state index contributed by atoms with van der Waals surface area (Å²) in [5, 5.41) is 6.26. The Morgan fingerprint density at radius 3 is 2.67 bits per heavy atom. The molecular formula is C13H20F2N4O2. The van der Waals surface area contributed by atoms with Gasteiger partial charge in [0.15, 0.2) is 0 Å². The average Bonchev–Trinajstić information content (AvgIpc) is 2.80. The Balaban J connectivity index is 2.64. The van der Waals surface area contributed by atoms with Crippen LogP contribution in [0.1, 0.15) is 42.4 Å². The minimum absolute atomic E-state index is 0.0224. The van der Waals surface area contributed by atoms with E-state index in [1.54, 1.807) is 0 Å². The number of aromatic nitrogens is 2. The van der Waals surface area contributed by atoms with Crippen molar-refractivity contribution < 1.29 is 18.4 Å². The molecule has 0 aliphatic heterocycles. The molecule has 8 heteroatoms. The summed E-state index contributed by atoms with van der Waals surface area (Å²) in [5.74, 6) is -0.807. The number of aryl methyl sites for hydroxylation is 1. The summed E-state index contributed by atoms with van der Waals surface area (Å²) in [5.41, 5.74) is -0.434. The molecule has 1 rings (SSSR count). The normalized spacial score (nSPS) is 10.8. The number of halogens is 2. The number of amides is 2. The number of carbonyl (C=O) groups is 2. The van der Waals surface area contributed by atoms with Crippen LogP contribution >= 0.6 is 0 Å². The Hall–Kier alpha value is -1.99. The molecule has 6 nitrogen and oxygen atoms in total. The highest BCUT2D eigenvalue weighted by Gasteiger charge is 2.22. The third-order valence-electron chi connectivity index (χ3n) is 2.92. The number of hydrogen-bond acceptors (Lipinski definition) is 3. The van der Waals surface area contributed by atoms with Gasteiger partial charge in [-0.05, 0) is 12.5 Å². The maximum Gasteiger partial charge on any atom is 0.282 e. The summed E-state index contributed by atoms with van der Waals surface area (Å²) in [4.78, 5) is 24.9. The second-order valence-electron chi connectivity index (χ2n) is 4.74. The van der Waals surface area contributed by atoms with Gasteiger partial charge in [0.25, 0.3) is 12.3 Å². The van der Waals surface area contributed by atoms with Crippen LogP contribution in [-0.2, 0) is 11.8 Å². The van der Waals surface area contributed by atoms with Crippen LogP contribution in [0.15, 0.2) is 6.07 Å². The Morgan fingerprint density at radius 2 is 2.14 bits per heavy atom. The predicted molar refractivity (Wildman–Crippen MR) is 73.0 cm³/mol.